The number of nitrogen functional groups attached to an aromatic ring is 1. The standard InChI is InChI=1S/C13H20N4O2S/c1-4-17(9-10(2)8-14)12-6-5-11(15)7-13(12)20(18,19)16-3/h5-7,10,16H,4,9,15H2,1-3H3. The quantitative estimate of drug-likeness (QED) is 0.767. The second-order valence-corrected chi connectivity index (χ2v) is 6.36. The van der Waals surface area contributed by atoms with Crippen molar-refractivity contribution in [3.63, 3.8) is 0 Å². The Hall–Kier alpha value is -1.78. The molecule has 1 aromatic rings. The number of sulfonamides is 1. The minimum absolute atomic E-state index is 0.131. The smallest absolute Gasteiger partial charge is 0.242 e. The third-order valence-corrected chi connectivity index (χ3v) is 4.42. The van der Waals surface area contributed by atoms with Crippen LogP contribution in [0.5, 0.6) is 0 Å². The molecule has 20 heavy (non-hydrogen) atoms. The Kier molecular flexibility index (Phi) is 5.36. The molecule has 0 bridgehead atoms. The van der Waals surface area contributed by atoms with Gasteiger partial charge in [0.2, 0.25) is 10.0 Å². The molecule has 0 fully saturated rings. The summed E-state index contributed by atoms with van der Waals surface area (Å²) in [5.74, 6) is -0.197. The van der Waals surface area contributed by atoms with Gasteiger partial charge in [0.1, 0.15) is 4.90 Å². The van der Waals surface area contributed by atoms with Crippen LogP contribution in [0.4, 0.5) is 11.4 Å². The summed E-state index contributed by atoms with van der Waals surface area (Å²) in [6.45, 7) is 4.77. The van der Waals surface area contributed by atoms with Crippen LogP contribution < -0.4 is 15.4 Å². The molecular weight excluding hydrogens is 276 g/mol. The lowest BCUT2D eigenvalue weighted by molar-refractivity contribution is 0.587. The van der Waals surface area contributed by atoms with Crippen molar-refractivity contribution >= 4 is 21.4 Å². The van der Waals surface area contributed by atoms with E-state index in [2.05, 4.69) is 10.8 Å². The molecule has 6 nitrogen and oxygen atoms in total. The zero-order chi connectivity index (χ0) is 15.3. The Balaban J connectivity index is 3.33. The molecule has 0 amide bonds. The van der Waals surface area contributed by atoms with Gasteiger partial charge in [-0.1, -0.05) is 0 Å². The molecule has 0 aliphatic carbocycles. The van der Waals surface area contributed by atoms with Gasteiger partial charge in [-0.3, -0.25) is 0 Å². The van der Waals surface area contributed by atoms with Crippen LogP contribution in [0.3, 0.4) is 0 Å². The fourth-order valence-corrected chi connectivity index (χ4v) is 2.87. The zero-order valence-corrected chi connectivity index (χ0v) is 12.7. The first-order valence-electron chi connectivity index (χ1n) is 6.33. The topological polar surface area (TPSA) is 99.2 Å². The van der Waals surface area contributed by atoms with Gasteiger partial charge in [-0.05, 0) is 39.1 Å². The maximum absolute atomic E-state index is 12.1. The van der Waals surface area contributed by atoms with E-state index in [-0.39, 0.29) is 10.8 Å². The minimum atomic E-state index is -3.60. The molecule has 1 aromatic carbocycles. The van der Waals surface area contributed by atoms with Crippen LogP contribution in [0.25, 0.3) is 0 Å². The summed E-state index contributed by atoms with van der Waals surface area (Å²) in [5, 5.41) is 8.92. The van der Waals surface area contributed by atoms with Crippen molar-refractivity contribution in [3.05, 3.63) is 18.2 Å². The highest BCUT2D eigenvalue weighted by atomic mass is 32.2. The number of rotatable bonds is 6. The molecule has 0 spiro atoms. The van der Waals surface area contributed by atoms with Crippen molar-refractivity contribution < 1.29 is 8.42 Å². The molecule has 3 N–H and O–H groups in total. The molecule has 1 atom stereocenters. The predicted octanol–water partition coefficient (Wildman–Crippen LogP) is 1.16. The number of nitrogens with one attached hydrogen (secondary N) is 1. The summed E-state index contributed by atoms with van der Waals surface area (Å²) in [4.78, 5) is 1.99. The second kappa shape index (κ2) is 6.59. The number of nitrogens with two attached hydrogens (primary N) is 1. The van der Waals surface area contributed by atoms with Gasteiger partial charge in [0.25, 0.3) is 0 Å². The Labute approximate surface area is 120 Å². The van der Waals surface area contributed by atoms with E-state index in [9.17, 15) is 8.42 Å². The number of hydrogen-bond donors (Lipinski definition) is 2. The van der Waals surface area contributed by atoms with Crippen LogP contribution in [-0.4, -0.2) is 28.6 Å². The normalized spacial score (nSPS) is 12.7. The monoisotopic (exact) mass is 296 g/mol. The van der Waals surface area contributed by atoms with E-state index in [4.69, 9.17) is 11.0 Å². The number of anilines is 2. The lowest BCUT2D eigenvalue weighted by atomic mass is 10.1. The van der Waals surface area contributed by atoms with Crippen LogP contribution in [0.15, 0.2) is 23.1 Å². The van der Waals surface area contributed by atoms with Gasteiger partial charge in [0, 0.05) is 18.8 Å². The van der Waals surface area contributed by atoms with Crippen LogP contribution in [0.2, 0.25) is 0 Å². The Morgan fingerprint density at radius 1 is 1.50 bits per heavy atom. The zero-order valence-electron chi connectivity index (χ0n) is 11.9. The van der Waals surface area contributed by atoms with Crippen molar-refractivity contribution in [1.29, 1.82) is 5.26 Å². The fourth-order valence-electron chi connectivity index (χ4n) is 1.89. The highest BCUT2D eigenvalue weighted by molar-refractivity contribution is 7.89. The first kappa shape index (κ1) is 16.3. The number of nitriles is 1. The summed E-state index contributed by atoms with van der Waals surface area (Å²) in [6.07, 6.45) is 0. The van der Waals surface area contributed by atoms with Crippen molar-refractivity contribution in [2.24, 2.45) is 5.92 Å². The Morgan fingerprint density at radius 2 is 2.15 bits per heavy atom. The molecule has 1 unspecified atom stereocenters. The maximum atomic E-state index is 12.1. The molecule has 0 radical (unpaired) electrons. The fraction of sp³-hybridized carbons (Fsp3) is 0.462. The summed E-state index contributed by atoms with van der Waals surface area (Å²) in [6, 6.07) is 6.91. The molecular formula is C13H20N4O2S. The molecule has 1 rings (SSSR count). The predicted molar refractivity (Wildman–Crippen MR) is 79.8 cm³/mol. The summed E-state index contributed by atoms with van der Waals surface area (Å²) in [7, 11) is -2.25. The van der Waals surface area contributed by atoms with Gasteiger partial charge in [0.05, 0.1) is 17.7 Å². The van der Waals surface area contributed by atoms with Gasteiger partial charge in [-0.15, -0.1) is 0 Å². The highest BCUT2D eigenvalue weighted by Crippen LogP contribution is 2.27. The Morgan fingerprint density at radius 3 is 2.65 bits per heavy atom. The molecule has 0 aromatic heterocycles. The third-order valence-electron chi connectivity index (χ3n) is 2.98. The van der Waals surface area contributed by atoms with E-state index in [1.54, 1.807) is 19.1 Å². The SMILES string of the molecule is CCN(CC(C)C#N)c1ccc(N)cc1S(=O)(=O)NC. The van der Waals surface area contributed by atoms with Gasteiger partial charge >= 0.3 is 0 Å². The Bertz CT molecular complexity index is 607. The molecule has 0 saturated carbocycles. The molecule has 0 heterocycles. The van der Waals surface area contributed by atoms with Gasteiger partial charge < -0.3 is 10.6 Å². The number of benzene rings is 1. The summed E-state index contributed by atoms with van der Waals surface area (Å²) >= 11 is 0. The first-order valence-corrected chi connectivity index (χ1v) is 7.81. The van der Waals surface area contributed by atoms with E-state index < -0.39 is 10.0 Å². The van der Waals surface area contributed by atoms with E-state index in [0.717, 1.165) is 0 Å². The van der Waals surface area contributed by atoms with E-state index in [0.29, 0.717) is 24.5 Å². The largest absolute Gasteiger partial charge is 0.399 e. The van der Waals surface area contributed by atoms with Crippen molar-refractivity contribution in [1.82, 2.24) is 4.72 Å². The number of nitrogens with zero attached hydrogens (tertiary/aromatic N) is 2. The van der Waals surface area contributed by atoms with Crippen molar-refractivity contribution in [2.75, 3.05) is 30.8 Å². The molecule has 7 heteroatoms. The first-order chi connectivity index (χ1) is 9.35. The number of hydrogen-bond acceptors (Lipinski definition) is 5. The van der Waals surface area contributed by atoms with Crippen LogP contribution in [0, 0.1) is 17.2 Å². The lowest BCUT2D eigenvalue weighted by Crippen LogP contribution is -2.30. The molecule has 0 aliphatic heterocycles. The minimum Gasteiger partial charge on any atom is -0.399 e. The van der Waals surface area contributed by atoms with Gasteiger partial charge in [-0.2, -0.15) is 5.26 Å². The van der Waals surface area contributed by atoms with E-state index in [1.807, 2.05) is 11.8 Å². The summed E-state index contributed by atoms with van der Waals surface area (Å²) in [5.41, 5.74) is 6.62. The molecule has 0 aliphatic rings. The van der Waals surface area contributed by atoms with Crippen molar-refractivity contribution in [2.45, 2.75) is 18.7 Å². The van der Waals surface area contributed by atoms with Gasteiger partial charge in [0.15, 0.2) is 0 Å². The maximum Gasteiger partial charge on any atom is 0.242 e. The van der Waals surface area contributed by atoms with Crippen LogP contribution >= 0.6 is 0 Å². The van der Waals surface area contributed by atoms with Crippen LogP contribution in [0.1, 0.15) is 13.8 Å². The third kappa shape index (κ3) is 3.62. The second-order valence-electron chi connectivity index (χ2n) is 4.50. The average molecular weight is 296 g/mol. The average Bonchev–Trinajstić information content (AvgIpc) is 2.44. The van der Waals surface area contributed by atoms with E-state index >= 15 is 0 Å². The molecule has 0 saturated heterocycles. The van der Waals surface area contributed by atoms with Crippen molar-refractivity contribution in [3.8, 4) is 6.07 Å². The van der Waals surface area contributed by atoms with Gasteiger partial charge in [-0.25, -0.2) is 13.1 Å². The molecule has 110 valence electrons. The lowest BCUT2D eigenvalue weighted by Gasteiger charge is -2.26. The summed E-state index contributed by atoms with van der Waals surface area (Å²) < 4.78 is 26.5. The van der Waals surface area contributed by atoms with E-state index in [1.165, 1.54) is 13.1 Å². The van der Waals surface area contributed by atoms with Crippen LogP contribution in [-0.2, 0) is 10.0 Å². The highest BCUT2D eigenvalue weighted by Gasteiger charge is 2.21.